The van der Waals surface area contributed by atoms with Crippen molar-refractivity contribution < 1.29 is 14.0 Å². The highest BCUT2D eigenvalue weighted by Gasteiger charge is 2.52. The number of imide groups is 1. The molecule has 1 aromatic heterocycles. The van der Waals surface area contributed by atoms with Crippen LogP contribution in [0.1, 0.15) is 44.7 Å². The van der Waals surface area contributed by atoms with E-state index in [1.807, 2.05) is 5.38 Å². The lowest BCUT2D eigenvalue weighted by Crippen LogP contribution is -2.49. The number of rotatable bonds is 4. The molecule has 0 unspecified atom stereocenters. The Bertz CT molecular complexity index is 856. The van der Waals surface area contributed by atoms with Crippen molar-refractivity contribution in [3.63, 3.8) is 0 Å². The molecule has 0 radical (unpaired) electrons. The van der Waals surface area contributed by atoms with E-state index in [2.05, 4.69) is 17.2 Å². The monoisotopic (exact) mass is 387 g/mol. The molecule has 1 spiro atoms. The summed E-state index contributed by atoms with van der Waals surface area (Å²) in [5.74, 6) is 0.225. The van der Waals surface area contributed by atoms with Gasteiger partial charge in [0.25, 0.3) is 5.91 Å². The van der Waals surface area contributed by atoms with Crippen LogP contribution in [-0.4, -0.2) is 27.4 Å². The van der Waals surface area contributed by atoms with Gasteiger partial charge in [0.05, 0.1) is 12.2 Å². The van der Waals surface area contributed by atoms with E-state index in [4.69, 9.17) is 0 Å². The van der Waals surface area contributed by atoms with Crippen molar-refractivity contribution in [3.05, 3.63) is 41.2 Å². The van der Waals surface area contributed by atoms with Crippen molar-refractivity contribution in [2.24, 2.45) is 5.92 Å². The van der Waals surface area contributed by atoms with E-state index in [0.29, 0.717) is 24.5 Å². The van der Waals surface area contributed by atoms with Gasteiger partial charge in [-0.3, -0.25) is 9.69 Å². The van der Waals surface area contributed by atoms with Crippen LogP contribution < -0.4 is 5.32 Å². The van der Waals surface area contributed by atoms with Gasteiger partial charge in [0.15, 0.2) is 0 Å². The molecular weight excluding hydrogens is 365 g/mol. The number of carbonyl (C=O) groups is 2. The molecule has 4 rings (SSSR count). The number of nitrogens with zero attached hydrogens (tertiary/aromatic N) is 2. The van der Waals surface area contributed by atoms with Crippen LogP contribution >= 0.6 is 11.3 Å². The van der Waals surface area contributed by atoms with E-state index in [1.165, 1.54) is 28.4 Å². The summed E-state index contributed by atoms with van der Waals surface area (Å²) in [4.78, 5) is 31.2. The molecule has 1 aliphatic heterocycles. The van der Waals surface area contributed by atoms with Crippen LogP contribution in [0.25, 0.3) is 10.6 Å². The zero-order valence-corrected chi connectivity index (χ0v) is 16.0. The van der Waals surface area contributed by atoms with Gasteiger partial charge in [-0.15, -0.1) is 11.3 Å². The molecular formula is C20H22FN3O2S. The molecule has 3 amide bonds. The van der Waals surface area contributed by atoms with Crippen molar-refractivity contribution in [2.45, 2.75) is 51.1 Å². The Morgan fingerprint density at radius 2 is 1.96 bits per heavy atom. The van der Waals surface area contributed by atoms with Crippen LogP contribution in [0.4, 0.5) is 9.18 Å². The zero-order chi connectivity index (χ0) is 19.0. The molecule has 1 aliphatic carbocycles. The molecule has 0 atom stereocenters. The molecule has 7 heteroatoms. The average Bonchev–Trinajstić information content (AvgIpc) is 3.23. The fourth-order valence-corrected chi connectivity index (χ4v) is 4.82. The topological polar surface area (TPSA) is 62.3 Å². The Kier molecular flexibility index (Phi) is 4.72. The molecule has 1 N–H and O–H groups in total. The lowest BCUT2D eigenvalue weighted by molar-refractivity contribution is -0.133. The number of hydrogen-bond acceptors (Lipinski definition) is 4. The second-order valence-corrected chi connectivity index (χ2v) is 8.26. The minimum Gasteiger partial charge on any atom is -0.323 e. The van der Waals surface area contributed by atoms with Crippen molar-refractivity contribution in [1.82, 2.24) is 15.2 Å². The Morgan fingerprint density at radius 3 is 2.63 bits per heavy atom. The van der Waals surface area contributed by atoms with Gasteiger partial charge in [-0.2, -0.15) is 0 Å². The van der Waals surface area contributed by atoms with Gasteiger partial charge in [0, 0.05) is 10.9 Å². The molecule has 142 valence electrons. The third kappa shape index (κ3) is 3.36. The van der Waals surface area contributed by atoms with Crippen LogP contribution in [0.3, 0.4) is 0 Å². The Morgan fingerprint density at radius 1 is 1.26 bits per heavy atom. The summed E-state index contributed by atoms with van der Waals surface area (Å²) < 4.78 is 13.1. The van der Waals surface area contributed by atoms with Crippen LogP contribution in [0.15, 0.2) is 29.6 Å². The Labute approximate surface area is 161 Å². The van der Waals surface area contributed by atoms with Crippen LogP contribution in [0.2, 0.25) is 0 Å². The first kappa shape index (κ1) is 18.1. The van der Waals surface area contributed by atoms with Gasteiger partial charge in [-0.25, -0.2) is 14.2 Å². The summed E-state index contributed by atoms with van der Waals surface area (Å²) in [6.07, 6.45) is 4.49. The quantitative estimate of drug-likeness (QED) is 0.794. The summed E-state index contributed by atoms with van der Waals surface area (Å²) in [5, 5.41) is 5.54. The number of aromatic nitrogens is 1. The molecule has 1 saturated heterocycles. The van der Waals surface area contributed by atoms with Crippen LogP contribution in [0.5, 0.6) is 0 Å². The number of carbonyl (C=O) groups excluding carboxylic acids is 2. The largest absolute Gasteiger partial charge is 0.325 e. The van der Waals surface area contributed by atoms with Gasteiger partial charge in [0.2, 0.25) is 0 Å². The predicted octanol–water partition coefficient (Wildman–Crippen LogP) is 4.34. The average molecular weight is 387 g/mol. The second kappa shape index (κ2) is 7.03. The first-order valence-electron chi connectivity index (χ1n) is 9.35. The molecule has 0 bridgehead atoms. The van der Waals surface area contributed by atoms with E-state index >= 15 is 0 Å². The molecule has 1 aromatic carbocycles. The maximum Gasteiger partial charge on any atom is 0.325 e. The first-order chi connectivity index (χ1) is 13.0. The van der Waals surface area contributed by atoms with Gasteiger partial charge >= 0.3 is 6.03 Å². The standard InChI is InChI=1S/C20H22FN3O2S/c1-2-13-7-9-20(10-8-13)18(25)24(19(26)23-20)11-16-12-27-17(22-16)14-3-5-15(21)6-4-14/h3-6,12-13H,2,7-11H2,1H3,(H,23,26). The van der Waals surface area contributed by atoms with Gasteiger partial charge in [-0.1, -0.05) is 13.3 Å². The first-order valence-corrected chi connectivity index (χ1v) is 10.2. The third-order valence-corrected chi connectivity index (χ3v) is 6.69. The highest BCUT2D eigenvalue weighted by atomic mass is 32.1. The maximum atomic E-state index is 13.1. The second-order valence-electron chi connectivity index (χ2n) is 7.41. The normalized spacial score (nSPS) is 25.3. The number of halogens is 1. The lowest BCUT2D eigenvalue weighted by atomic mass is 9.75. The minimum absolute atomic E-state index is 0.126. The SMILES string of the molecule is CCC1CCC2(CC1)NC(=O)N(Cc1csc(-c3ccc(F)cc3)n1)C2=O. The number of nitrogens with one attached hydrogen (secondary N) is 1. The number of amides is 3. The number of thiazole rings is 1. The smallest absolute Gasteiger partial charge is 0.323 e. The Hall–Kier alpha value is -2.28. The van der Waals surface area contributed by atoms with Crippen LogP contribution in [-0.2, 0) is 11.3 Å². The summed E-state index contributed by atoms with van der Waals surface area (Å²) in [7, 11) is 0. The van der Waals surface area contributed by atoms with Crippen LogP contribution in [0, 0.1) is 11.7 Å². The molecule has 2 aliphatic rings. The number of hydrogen-bond donors (Lipinski definition) is 1. The van der Waals surface area contributed by atoms with Gasteiger partial charge < -0.3 is 5.32 Å². The number of urea groups is 1. The van der Waals surface area contributed by atoms with Crippen molar-refractivity contribution in [2.75, 3.05) is 0 Å². The fourth-order valence-electron chi connectivity index (χ4n) is 4.00. The lowest BCUT2D eigenvalue weighted by Gasteiger charge is -2.34. The highest BCUT2D eigenvalue weighted by molar-refractivity contribution is 7.13. The summed E-state index contributed by atoms with van der Waals surface area (Å²) in [6, 6.07) is 5.81. The maximum absolute atomic E-state index is 13.1. The molecule has 2 heterocycles. The van der Waals surface area contributed by atoms with Gasteiger partial charge in [0.1, 0.15) is 16.4 Å². The molecule has 2 fully saturated rings. The van der Waals surface area contributed by atoms with E-state index in [9.17, 15) is 14.0 Å². The predicted molar refractivity (Wildman–Crippen MR) is 102 cm³/mol. The summed E-state index contributed by atoms with van der Waals surface area (Å²) in [5.41, 5.74) is 0.764. The highest BCUT2D eigenvalue weighted by Crippen LogP contribution is 2.38. The zero-order valence-electron chi connectivity index (χ0n) is 15.2. The van der Waals surface area contributed by atoms with Gasteiger partial charge in [-0.05, 0) is 55.9 Å². The van der Waals surface area contributed by atoms with E-state index < -0.39 is 5.54 Å². The van der Waals surface area contributed by atoms with E-state index in [-0.39, 0.29) is 24.3 Å². The Balaban J connectivity index is 1.48. The molecule has 2 aromatic rings. The van der Waals surface area contributed by atoms with Crippen molar-refractivity contribution in [3.8, 4) is 10.6 Å². The molecule has 27 heavy (non-hydrogen) atoms. The van der Waals surface area contributed by atoms with E-state index in [0.717, 1.165) is 29.8 Å². The summed E-state index contributed by atoms with van der Waals surface area (Å²) >= 11 is 1.42. The minimum atomic E-state index is -0.724. The number of benzene rings is 1. The van der Waals surface area contributed by atoms with Crippen molar-refractivity contribution in [1.29, 1.82) is 0 Å². The fraction of sp³-hybridized carbons (Fsp3) is 0.450. The summed E-state index contributed by atoms with van der Waals surface area (Å²) in [6.45, 7) is 2.34. The molecule has 5 nitrogen and oxygen atoms in total. The van der Waals surface area contributed by atoms with E-state index in [1.54, 1.807) is 12.1 Å². The van der Waals surface area contributed by atoms with Crippen molar-refractivity contribution >= 4 is 23.3 Å². The molecule has 1 saturated carbocycles. The third-order valence-electron chi connectivity index (χ3n) is 5.75.